The molecule has 2 aromatic carbocycles. The van der Waals surface area contributed by atoms with Crippen molar-refractivity contribution >= 4 is 17.5 Å². The Labute approximate surface area is 157 Å². The maximum atomic E-state index is 12.4. The second kappa shape index (κ2) is 8.18. The zero-order valence-electron chi connectivity index (χ0n) is 15.1. The molecule has 0 aliphatic rings. The van der Waals surface area contributed by atoms with Crippen molar-refractivity contribution in [2.45, 2.75) is 13.5 Å². The van der Waals surface area contributed by atoms with E-state index in [4.69, 9.17) is 4.74 Å². The predicted octanol–water partition coefficient (Wildman–Crippen LogP) is 2.77. The van der Waals surface area contributed by atoms with Crippen LogP contribution in [0.15, 0.2) is 60.9 Å². The summed E-state index contributed by atoms with van der Waals surface area (Å²) in [6.45, 7) is 1.90. The van der Waals surface area contributed by atoms with E-state index in [0.717, 1.165) is 11.3 Å². The first-order valence-corrected chi connectivity index (χ1v) is 8.39. The molecule has 27 heavy (non-hydrogen) atoms. The third-order valence-electron chi connectivity index (χ3n) is 3.90. The normalized spacial score (nSPS) is 10.3. The summed E-state index contributed by atoms with van der Waals surface area (Å²) in [6, 6.07) is 14.3. The lowest BCUT2D eigenvalue weighted by atomic mass is 10.2. The molecule has 1 heterocycles. The van der Waals surface area contributed by atoms with Crippen molar-refractivity contribution in [3.05, 3.63) is 72.1 Å². The first kappa shape index (κ1) is 18.2. The molecule has 2 amide bonds. The van der Waals surface area contributed by atoms with E-state index < -0.39 is 0 Å². The van der Waals surface area contributed by atoms with Gasteiger partial charge in [0.25, 0.3) is 5.91 Å². The first-order chi connectivity index (χ1) is 13.0. The number of benzene rings is 2. The number of carbonyl (C=O) groups is 2. The molecule has 0 bridgehead atoms. The number of aromatic nitrogens is 2. The molecule has 0 radical (unpaired) electrons. The van der Waals surface area contributed by atoms with Crippen LogP contribution in [0.3, 0.4) is 0 Å². The standard InChI is InChI=1S/C20H20N4O3/c1-14(25)21-11-15-12-22-24(13-15)18-8-6-16(7-9-18)20(26)23-17-4-3-5-19(10-17)27-2/h3-10,12-13H,11H2,1-2H3,(H,21,25)(H,23,26). The van der Waals surface area contributed by atoms with Gasteiger partial charge >= 0.3 is 0 Å². The van der Waals surface area contributed by atoms with Gasteiger partial charge in [-0.3, -0.25) is 9.59 Å². The minimum Gasteiger partial charge on any atom is -0.497 e. The molecule has 7 nitrogen and oxygen atoms in total. The Balaban J connectivity index is 1.67. The lowest BCUT2D eigenvalue weighted by molar-refractivity contribution is -0.119. The van der Waals surface area contributed by atoms with E-state index in [1.165, 1.54) is 6.92 Å². The summed E-state index contributed by atoms with van der Waals surface area (Å²) in [7, 11) is 1.58. The van der Waals surface area contributed by atoms with Crippen molar-refractivity contribution in [1.29, 1.82) is 0 Å². The van der Waals surface area contributed by atoms with Crippen molar-refractivity contribution in [3.8, 4) is 11.4 Å². The summed E-state index contributed by atoms with van der Waals surface area (Å²) in [5.41, 5.74) is 2.91. The fourth-order valence-corrected chi connectivity index (χ4v) is 2.49. The van der Waals surface area contributed by atoms with Crippen LogP contribution in [0.5, 0.6) is 5.75 Å². The van der Waals surface area contributed by atoms with Gasteiger partial charge in [-0.1, -0.05) is 6.07 Å². The quantitative estimate of drug-likeness (QED) is 0.704. The SMILES string of the molecule is COc1cccc(NC(=O)c2ccc(-n3cc(CNC(C)=O)cn3)cc2)c1. The monoisotopic (exact) mass is 364 g/mol. The predicted molar refractivity (Wildman–Crippen MR) is 102 cm³/mol. The summed E-state index contributed by atoms with van der Waals surface area (Å²) < 4.78 is 6.85. The van der Waals surface area contributed by atoms with E-state index in [0.29, 0.717) is 23.5 Å². The fraction of sp³-hybridized carbons (Fsp3) is 0.150. The van der Waals surface area contributed by atoms with Gasteiger partial charge < -0.3 is 15.4 Å². The van der Waals surface area contributed by atoms with Gasteiger partial charge in [-0.25, -0.2) is 4.68 Å². The van der Waals surface area contributed by atoms with Crippen LogP contribution in [0, 0.1) is 0 Å². The molecule has 0 aliphatic heterocycles. The molecule has 0 unspecified atom stereocenters. The highest BCUT2D eigenvalue weighted by Crippen LogP contribution is 2.18. The van der Waals surface area contributed by atoms with Gasteiger partial charge in [0.05, 0.1) is 19.0 Å². The molecule has 0 spiro atoms. The molecule has 1 aromatic heterocycles. The number of nitrogens with zero attached hydrogens (tertiary/aromatic N) is 2. The maximum absolute atomic E-state index is 12.4. The second-order valence-electron chi connectivity index (χ2n) is 5.94. The lowest BCUT2D eigenvalue weighted by Gasteiger charge is -2.08. The molecule has 2 N–H and O–H groups in total. The van der Waals surface area contributed by atoms with Crippen LogP contribution >= 0.6 is 0 Å². The Morgan fingerprint density at radius 2 is 1.93 bits per heavy atom. The highest BCUT2D eigenvalue weighted by atomic mass is 16.5. The topological polar surface area (TPSA) is 85.2 Å². The smallest absolute Gasteiger partial charge is 0.255 e. The number of nitrogens with one attached hydrogen (secondary N) is 2. The van der Waals surface area contributed by atoms with E-state index >= 15 is 0 Å². The van der Waals surface area contributed by atoms with Crippen LogP contribution in [0.2, 0.25) is 0 Å². The van der Waals surface area contributed by atoms with E-state index in [2.05, 4.69) is 15.7 Å². The first-order valence-electron chi connectivity index (χ1n) is 8.39. The summed E-state index contributed by atoms with van der Waals surface area (Å²) in [5, 5.41) is 9.85. The number of ether oxygens (including phenoxy) is 1. The van der Waals surface area contributed by atoms with Gasteiger partial charge in [0.1, 0.15) is 5.75 Å². The number of hydrogen-bond donors (Lipinski definition) is 2. The highest BCUT2D eigenvalue weighted by molar-refractivity contribution is 6.04. The molecule has 7 heteroatoms. The van der Waals surface area contributed by atoms with Crippen LogP contribution < -0.4 is 15.4 Å². The number of anilines is 1. The Kier molecular flexibility index (Phi) is 5.51. The Morgan fingerprint density at radius 1 is 1.15 bits per heavy atom. The molecule has 138 valence electrons. The molecule has 0 saturated heterocycles. The molecule has 0 fully saturated rings. The van der Waals surface area contributed by atoms with Gasteiger partial charge in [0.15, 0.2) is 0 Å². The van der Waals surface area contributed by atoms with Gasteiger partial charge in [0.2, 0.25) is 5.91 Å². The largest absolute Gasteiger partial charge is 0.497 e. The second-order valence-corrected chi connectivity index (χ2v) is 5.94. The van der Waals surface area contributed by atoms with Crippen LogP contribution in [0.1, 0.15) is 22.8 Å². The van der Waals surface area contributed by atoms with Gasteiger partial charge in [-0.2, -0.15) is 5.10 Å². The Bertz CT molecular complexity index is 948. The summed E-state index contributed by atoms with van der Waals surface area (Å²) in [6.07, 6.45) is 3.53. The van der Waals surface area contributed by atoms with Crippen LogP contribution in [0.4, 0.5) is 5.69 Å². The molecule has 0 aliphatic carbocycles. The van der Waals surface area contributed by atoms with Gasteiger partial charge in [0, 0.05) is 42.5 Å². The zero-order valence-corrected chi connectivity index (χ0v) is 15.1. The third-order valence-corrected chi connectivity index (χ3v) is 3.90. The fourth-order valence-electron chi connectivity index (χ4n) is 2.49. The molecular weight excluding hydrogens is 344 g/mol. The van der Waals surface area contributed by atoms with Gasteiger partial charge in [-0.05, 0) is 36.4 Å². The third kappa shape index (κ3) is 4.72. The maximum Gasteiger partial charge on any atom is 0.255 e. The minimum atomic E-state index is -0.207. The van der Waals surface area contributed by atoms with E-state index in [-0.39, 0.29) is 11.8 Å². The summed E-state index contributed by atoms with van der Waals surface area (Å²) in [5.74, 6) is 0.382. The molecular formula is C20H20N4O3. The minimum absolute atomic E-state index is 0.0887. The van der Waals surface area contributed by atoms with Crippen molar-refractivity contribution in [2.75, 3.05) is 12.4 Å². The number of amides is 2. The molecule has 0 atom stereocenters. The van der Waals surface area contributed by atoms with E-state index in [1.807, 2.05) is 30.5 Å². The van der Waals surface area contributed by atoms with Crippen LogP contribution in [-0.4, -0.2) is 28.7 Å². The summed E-state index contributed by atoms with van der Waals surface area (Å²) in [4.78, 5) is 23.4. The van der Waals surface area contributed by atoms with Crippen molar-refractivity contribution in [1.82, 2.24) is 15.1 Å². The lowest BCUT2D eigenvalue weighted by Crippen LogP contribution is -2.18. The average Bonchev–Trinajstić information content (AvgIpc) is 3.15. The van der Waals surface area contributed by atoms with Crippen molar-refractivity contribution in [2.24, 2.45) is 0 Å². The average molecular weight is 364 g/mol. The Hall–Kier alpha value is -3.61. The zero-order chi connectivity index (χ0) is 19.2. The van der Waals surface area contributed by atoms with Gasteiger partial charge in [-0.15, -0.1) is 0 Å². The number of methoxy groups -OCH3 is 1. The van der Waals surface area contributed by atoms with Crippen molar-refractivity contribution < 1.29 is 14.3 Å². The molecule has 3 rings (SSSR count). The molecule has 3 aromatic rings. The van der Waals surface area contributed by atoms with Crippen molar-refractivity contribution in [3.63, 3.8) is 0 Å². The van der Waals surface area contributed by atoms with E-state index in [1.54, 1.807) is 42.3 Å². The van der Waals surface area contributed by atoms with E-state index in [9.17, 15) is 9.59 Å². The Morgan fingerprint density at radius 3 is 2.63 bits per heavy atom. The number of hydrogen-bond acceptors (Lipinski definition) is 4. The van der Waals surface area contributed by atoms with Crippen LogP contribution in [0.25, 0.3) is 5.69 Å². The summed E-state index contributed by atoms with van der Waals surface area (Å²) >= 11 is 0. The molecule has 0 saturated carbocycles. The number of carbonyl (C=O) groups excluding carboxylic acids is 2. The number of rotatable bonds is 6. The highest BCUT2D eigenvalue weighted by Gasteiger charge is 2.08. The van der Waals surface area contributed by atoms with Crippen LogP contribution in [-0.2, 0) is 11.3 Å².